The zero-order valence-corrected chi connectivity index (χ0v) is 8.28. The number of hydrogen-bond acceptors (Lipinski definition) is 3. The topological polar surface area (TPSA) is 33.6 Å². The molecule has 0 radical (unpaired) electrons. The highest BCUT2D eigenvalue weighted by molar-refractivity contribution is 5.74. The molecule has 0 spiro atoms. The number of hydrogen-bond donors (Lipinski definition) is 1. The van der Waals surface area contributed by atoms with E-state index >= 15 is 0 Å². The quantitative estimate of drug-likeness (QED) is 0.711. The number of nitrogens with zero attached hydrogens (tertiary/aromatic N) is 1. The van der Waals surface area contributed by atoms with Crippen molar-refractivity contribution in [3.63, 3.8) is 0 Å². The molecule has 3 nitrogen and oxygen atoms in total. The third kappa shape index (κ3) is 1.57. The van der Waals surface area contributed by atoms with E-state index in [0.717, 1.165) is 25.9 Å². The molecule has 1 N–H and O–H groups in total. The summed E-state index contributed by atoms with van der Waals surface area (Å²) in [5, 5.41) is 3.35. The Morgan fingerprint density at radius 1 is 1.36 bits per heavy atom. The van der Waals surface area contributed by atoms with Crippen molar-refractivity contribution in [1.82, 2.24) is 5.32 Å². The second-order valence-electron chi connectivity index (χ2n) is 4.34. The molecule has 2 unspecified atom stereocenters. The molecule has 3 heteroatoms. The Bertz CT molecular complexity index is 279. The van der Waals surface area contributed by atoms with Crippen LogP contribution in [0.3, 0.4) is 0 Å². The smallest absolute Gasteiger partial charge is 0.103 e. The van der Waals surface area contributed by atoms with E-state index in [1.54, 1.807) is 0 Å². The van der Waals surface area contributed by atoms with E-state index in [0.29, 0.717) is 18.1 Å². The molecule has 2 aliphatic heterocycles. The van der Waals surface area contributed by atoms with Gasteiger partial charge in [-0.25, -0.2) is 0 Å². The lowest BCUT2D eigenvalue weighted by molar-refractivity contribution is 0.0787. The molecule has 3 rings (SSSR count). The first kappa shape index (κ1) is 8.48. The predicted octanol–water partition coefficient (Wildman–Crippen LogP) is 1.11. The van der Waals surface area contributed by atoms with E-state index < -0.39 is 0 Å². The third-order valence-corrected chi connectivity index (χ3v) is 3.23. The fourth-order valence-electron chi connectivity index (χ4n) is 2.24. The van der Waals surface area contributed by atoms with Crippen LogP contribution >= 0.6 is 0 Å². The third-order valence-electron chi connectivity index (χ3n) is 3.23. The minimum Gasteiger partial charge on any atom is -0.494 e. The number of nitrogens with one attached hydrogen (secondary N) is 1. The highest BCUT2D eigenvalue weighted by atomic mass is 16.5. The van der Waals surface area contributed by atoms with E-state index in [2.05, 4.69) is 16.4 Å². The van der Waals surface area contributed by atoms with Crippen molar-refractivity contribution in [2.24, 2.45) is 10.9 Å². The van der Waals surface area contributed by atoms with Crippen molar-refractivity contribution in [3.05, 3.63) is 11.8 Å². The van der Waals surface area contributed by atoms with Gasteiger partial charge >= 0.3 is 0 Å². The largest absolute Gasteiger partial charge is 0.494 e. The summed E-state index contributed by atoms with van der Waals surface area (Å²) in [4.78, 5) is 4.35. The molecule has 0 aromatic heterocycles. The minimum absolute atomic E-state index is 0.440. The molecule has 2 atom stereocenters. The van der Waals surface area contributed by atoms with Crippen molar-refractivity contribution in [2.75, 3.05) is 13.1 Å². The molecule has 1 saturated carbocycles. The number of piperidine rings is 1. The van der Waals surface area contributed by atoms with Gasteiger partial charge in [0.1, 0.15) is 11.9 Å². The number of rotatable bonds is 2. The van der Waals surface area contributed by atoms with E-state index in [1.165, 1.54) is 12.2 Å². The normalized spacial score (nSPS) is 36.1. The molecule has 0 bridgehead atoms. The Morgan fingerprint density at radius 3 is 3.07 bits per heavy atom. The van der Waals surface area contributed by atoms with E-state index in [1.807, 2.05) is 6.21 Å². The van der Waals surface area contributed by atoms with Gasteiger partial charge in [0.25, 0.3) is 0 Å². The minimum atomic E-state index is 0.440. The van der Waals surface area contributed by atoms with Crippen molar-refractivity contribution in [1.29, 1.82) is 0 Å². The molecule has 0 aromatic carbocycles. The van der Waals surface area contributed by atoms with Crippen molar-refractivity contribution in [2.45, 2.75) is 31.4 Å². The first-order valence-corrected chi connectivity index (χ1v) is 5.54. The molecule has 3 aliphatic rings. The number of dihydropyridines is 1. The van der Waals surface area contributed by atoms with E-state index in [9.17, 15) is 0 Å². The van der Waals surface area contributed by atoms with Crippen LogP contribution < -0.4 is 5.32 Å². The van der Waals surface area contributed by atoms with Crippen LogP contribution in [0.15, 0.2) is 16.8 Å². The molecule has 1 aliphatic carbocycles. The first-order valence-electron chi connectivity index (χ1n) is 5.54. The van der Waals surface area contributed by atoms with Crippen molar-refractivity contribution in [3.8, 4) is 0 Å². The summed E-state index contributed by atoms with van der Waals surface area (Å²) in [5.41, 5.74) is 0. The van der Waals surface area contributed by atoms with Crippen LogP contribution in [0.5, 0.6) is 0 Å². The molecular formula is C11H16N2O. The second-order valence-corrected chi connectivity index (χ2v) is 4.34. The number of allylic oxidation sites excluding steroid dienone is 1. The highest BCUT2D eigenvalue weighted by Crippen LogP contribution is 2.42. The predicted molar refractivity (Wildman–Crippen MR) is 55.4 cm³/mol. The average molecular weight is 192 g/mol. The molecule has 0 amide bonds. The molecule has 76 valence electrons. The number of ether oxygens (including phenoxy) is 1. The van der Waals surface area contributed by atoms with Crippen LogP contribution in [-0.4, -0.2) is 31.4 Å². The van der Waals surface area contributed by atoms with Gasteiger partial charge < -0.3 is 10.1 Å². The maximum Gasteiger partial charge on any atom is 0.103 e. The monoisotopic (exact) mass is 192 g/mol. The highest BCUT2D eigenvalue weighted by Gasteiger charge is 2.43. The molecule has 2 fully saturated rings. The van der Waals surface area contributed by atoms with Crippen molar-refractivity contribution < 1.29 is 4.74 Å². The second kappa shape index (κ2) is 3.39. The van der Waals surface area contributed by atoms with Gasteiger partial charge in [-0.3, -0.25) is 4.99 Å². The Labute approximate surface area is 84.2 Å². The molecular weight excluding hydrogens is 176 g/mol. The average Bonchev–Trinajstić information content (AvgIpc) is 2.99. The lowest BCUT2D eigenvalue weighted by Gasteiger charge is -2.25. The maximum absolute atomic E-state index is 6.02. The van der Waals surface area contributed by atoms with E-state index in [4.69, 9.17) is 4.74 Å². The standard InChI is InChI=1S/C11H16N2O/c1-4-12-5-2-8(1)14-11-3-6-13-10-7-9(10)11/h3,6,8-10,12H,1-2,4-5,7H2. The fraction of sp³-hybridized carbons (Fsp3) is 0.727. The van der Waals surface area contributed by atoms with Crippen LogP contribution in [0.1, 0.15) is 19.3 Å². The summed E-state index contributed by atoms with van der Waals surface area (Å²) >= 11 is 0. The maximum atomic E-state index is 6.02. The molecule has 2 heterocycles. The number of aliphatic imine (C=N–C) groups is 1. The Balaban J connectivity index is 1.60. The lowest BCUT2D eigenvalue weighted by Crippen LogP contribution is -2.32. The summed E-state index contributed by atoms with van der Waals surface area (Å²) in [6, 6.07) is 0.553. The van der Waals surface area contributed by atoms with Gasteiger partial charge in [0.2, 0.25) is 0 Å². The van der Waals surface area contributed by atoms with Gasteiger partial charge in [-0.1, -0.05) is 0 Å². The fourth-order valence-corrected chi connectivity index (χ4v) is 2.24. The summed E-state index contributed by atoms with van der Waals surface area (Å²) in [5.74, 6) is 1.81. The summed E-state index contributed by atoms with van der Waals surface area (Å²) in [6.07, 6.45) is 7.89. The van der Waals surface area contributed by atoms with Gasteiger partial charge in [-0.2, -0.15) is 0 Å². The summed E-state index contributed by atoms with van der Waals surface area (Å²) < 4.78 is 6.02. The van der Waals surface area contributed by atoms with Gasteiger partial charge in [0.15, 0.2) is 0 Å². The Hall–Kier alpha value is -0.830. The summed E-state index contributed by atoms with van der Waals surface area (Å²) in [6.45, 7) is 2.19. The van der Waals surface area contributed by atoms with Crippen LogP contribution in [0.25, 0.3) is 0 Å². The molecule has 1 saturated heterocycles. The van der Waals surface area contributed by atoms with Gasteiger partial charge in [0.05, 0.1) is 6.04 Å². The molecule has 14 heavy (non-hydrogen) atoms. The van der Waals surface area contributed by atoms with Crippen LogP contribution in [-0.2, 0) is 4.74 Å². The van der Waals surface area contributed by atoms with Crippen LogP contribution in [0.2, 0.25) is 0 Å². The number of fused-ring (bicyclic) bond motifs is 1. The van der Waals surface area contributed by atoms with E-state index in [-0.39, 0.29) is 0 Å². The van der Waals surface area contributed by atoms with Gasteiger partial charge in [-0.15, -0.1) is 0 Å². The van der Waals surface area contributed by atoms with Gasteiger partial charge in [0, 0.05) is 12.1 Å². The van der Waals surface area contributed by atoms with Gasteiger partial charge in [-0.05, 0) is 38.4 Å². The first-order chi connectivity index (χ1) is 6.93. The van der Waals surface area contributed by atoms with Crippen LogP contribution in [0, 0.1) is 5.92 Å². The summed E-state index contributed by atoms with van der Waals surface area (Å²) in [7, 11) is 0. The molecule has 0 aromatic rings. The zero-order chi connectivity index (χ0) is 9.38. The lowest BCUT2D eigenvalue weighted by atomic mass is 10.1. The SMILES string of the molecule is C1=NC2CC2C(OC2CCNCC2)=C1. The zero-order valence-electron chi connectivity index (χ0n) is 8.28. The Morgan fingerprint density at radius 2 is 2.21 bits per heavy atom. The van der Waals surface area contributed by atoms with Crippen LogP contribution in [0.4, 0.5) is 0 Å². The van der Waals surface area contributed by atoms with Crippen molar-refractivity contribution >= 4 is 6.21 Å². The Kier molecular flexibility index (Phi) is 2.05.